The number of imidazole rings is 1. The fourth-order valence-electron chi connectivity index (χ4n) is 3.48. The van der Waals surface area contributed by atoms with Crippen LogP contribution in [-0.4, -0.2) is 30.1 Å². The Bertz CT molecular complexity index is 1340. The van der Waals surface area contributed by atoms with Gasteiger partial charge in [0.2, 0.25) is 0 Å². The van der Waals surface area contributed by atoms with E-state index in [1.165, 1.54) is 6.33 Å². The number of fused-ring (bicyclic) bond motifs is 1. The second-order valence-corrected chi connectivity index (χ2v) is 7.37. The molecule has 7 heteroatoms. The number of benzene rings is 2. The standard InChI is InChI=1S/C24H20N6O/c1-17-3-2-12-29-14-22(28-23(17)29)19-8-10-21(11-9-19)27-24(31)20-6-4-18(5-7-20)13-30-16-25-15-26-30/h2-12,14-16H,13H2,1H3,(H,27,31). The van der Waals surface area contributed by atoms with Crippen LogP contribution in [0.4, 0.5) is 5.69 Å². The number of carbonyl (C=O) groups is 1. The Hall–Kier alpha value is -4.26. The third-order valence-corrected chi connectivity index (χ3v) is 5.14. The molecule has 3 aromatic heterocycles. The number of hydrogen-bond donors (Lipinski definition) is 1. The number of nitrogens with one attached hydrogen (secondary N) is 1. The van der Waals surface area contributed by atoms with Gasteiger partial charge in [0.1, 0.15) is 18.3 Å². The molecule has 0 aliphatic rings. The largest absolute Gasteiger partial charge is 0.322 e. The summed E-state index contributed by atoms with van der Waals surface area (Å²) >= 11 is 0. The molecule has 31 heavy (non-hydrogen) atoms. The Morgan fingerprint density at radius 1 is 1.03 bits per heavy atom. The Kier molecular flexibility index (Phi) is 4.76. The zero-order valence-electron chi connectivity index (χ0n) is 16.9. The number of hydrogen-bond acceptors (Lipinski definition) is 4. The van der Waals surface area contributed by atoms with E-state index >= 15 is 0 Å². The summed E-state index contributed by atoms with van der Waals surface area (Å²) in [7, 11) is 0. The summed E-state index contributed by atoms with van der Waals surface area (Å²) < 4.78 is 3.76. The number of aromatic nitrogens is 5. The fraction of sp³-hybridized carbons (Fsp3) is 0.0833. The maximum Gasteiger partial charge on any atom is 0.255 e. The van der Waals surface area contributed by atoms with Crippen molar-refractivity contribution >= 4 is 17.2 Å². The molecule has 5 rings (SSSR count). The number of anilines is 1. The molecule has 5 aromatic rings. The molecule has 0 saturated heterocycles. The lowest BCUT2D eigenvalue weighted by Gasteiger charge is -2.07. The van der Waals surface area contributed by atoms with Crippen molar-refractivity contribution in [1.29, 1.82) is 0 Å². The summed E-state index contributed by atoms with van der Waals surface area (Å²) in [5.41, 5.74) is 6.36. The van der Waals surface area contributed by atoms with Crippen molar-refractivity contribution in [3.63, 3.8) is 0 Å². The van der Waals surface area contributed by atoms with Gasteiger partial charge in [0.05, 0.1) is 12.2 Å². The van der Waals surface area contributed by atoms with Gasteiger partial charge >= 0.3 is 0 Å². The first-order valence-corrected chi connectivity index (χ1v) is 9.93. The SMILES string of the molecule is Cc1cccn2cc(-c3ccc(NC(=O)c4ccc(Cn5cncn5)cc4)cc3)nc12. The van der Waals surface area contributed by atoms with Gasteiger partial charge in [-0.1, -0.05) is 30.3 Å². The zero-order chi connectivity index (χ0) is 21.2. The summed E-state index contributed by atoms with van der Waals surface area (Å²) in [5.74, 6) is -0.150. The van der Waals surface area contributed by atoms with Gasteiger partial charge in [-0.3, -0.25) is 4.79 Å². The fourth-order valence-corrected chi connectivity index (χ4v) is 3.48. The van der Waals surface area contributed by atoms with E-state index in [1.54, 1.807) is 11.0 Å². The van der Waals surface area contributed by atoms with Crippen molar-refractivity contribution in [3.8, 4) is 11.3 Å². The summed E-state index contributed by atoms with van der Waals surface area (Å²) in [6, 6.07) is 19.2. The molecular formula is C24H20N6O. The van der Waals surface area contributed by atoms with Gasteiger partial charge in [-0.05, 0) is 48.4 Å². The highest BCUT2D eigenvalue weighted by atomic mass is 16.1. The van der Waals surface area contributed by atoms with E-state index in [4.69, 9.17) is 4.98 Å². The number of carbonyl (C=O) groups excluding carboxylic acids is 1. The summed E-state index contributed by atoms with van der Waals surface area (Å²) in [5, 5.41) is 7.04. The molecule has 0 aliphatic carbocycles. The smallest absolute Gasteiger partial charge is 0.255 e. The van der Waals surface area contributed by atoms with Gasteiger partial charge in [0.15, 0.2) is 0 Å². The Labute approximate surface area is 179 Å². The van der Waals surface area contributed by atoms with Crippen molar-refractivity contribution in [1.82, 2.24) is 24.1 Å². The predicted molar refractivity (Wildman–Crippen MR) is 119 cm³/mol. The quantitative estimate of drug-likeness (QED) is 0.473. The molecule has 0 unspecified atom stereocenters. The molecule has 7 nitrogen and oxygen atoms in total. The summed E-state index contributed by atoms with van der Waals surface area (Å²) in [6.07, 6.45) is 7.17. The van der Waals surface area contributed by atoms with E-state index in [9.17, 15) is 4.79 Å². The van der Waals surface area contributed by atoms with Crippen LogP contribution < -0.4 is 5.32 Å². The van der Waals surface area contributed by atoms with Crippen molar-refractivity contribution < 1.29 is 4.79 Å². The molecule has 3 heterocycles. The highest BCUT2D eigenvalue weighted by Crippen LogP contribution is 2.22. The van der Waals surface area contributed by atoms with Crippen LogP contribution in [0.5, 0.6) is 0 Å². The minimum absolute atomic E-state index is 0.150. The van der Waals surface area contributed by atoms with E-state index in [2.05, 4.69) is 15.4 Å². The average Bonchev–Trinajstić information content (AvgIpc) is 3.45. The van der Waals surface area contributed by atoms with Crippen LogP contribution in [0.15, 0.2) is 85.7 Å². The molecule has 0 radical (unpaired) electrons. The lowest BCUT2D eigenvalue weighted by atomic mass is 10.1. The Morgan fingerprint density at radius 2 is 1.84 bits per heavy atom. The second-order valence-electron chi connectivity index (χ2n) is 7.37. The normalized spacial score (nSPS) is 11.0. The maximum atomic E-state index is 12.6. The molecule has 0 aliphatic heterocycles. The third-order valence-electron chi connectivity index (χ3n) is 5.14. The van der Waals surface area contributed by atoms with Crippen molar-refractivity contribution in [2.75, 3.05) is 5.32 Å². The monoisotopic (exact) mass is 408 g/mol. The molecule has 0 saturated carbocycles. The van der Waals surface area contributed by atoms with E-state index in [0.29, 0.717) is 12.1 Å². The number of rotatable bonds is 5. The van der Waals surface area contributed by atoms with Gasteiger partial charge in [0.25, 0.3) is 5.91 Å². The van der Waals surface area contributed by atoms with Crippen molar-refractivity contribution in [3.05, 3.63) is 102 Å². The highest BCUT2D eigenvalue weighted by Gasteiger charge is 2.09. The first kappa shape index (κ1) is 18.7. The van der Waals surface area contributed by atoms with Crippen LogP contribution in [0.25, 0.3) is 16.9 Å². The number of pyridine rings is 1. The number of nitrogens with zero attached hydrogens (tertiary/aromatic N) is 5. The predicted octanol–water partition coefficient (Wildman–Crippen LogP) is 4.20. The molecule has 1 N–H and O–H groups in total. The van der Waals surface area contributed by atoms with Gasteiger partial charge < -0.3 is 9.72 Å². The Balaban J connectivity index is 1.27. The average molecular weight is 408 g/mol. The molecular weight excluding hydrogens is 388 g/mol. The minimum Gasteiger partial charge on any atom is -0.322 e. The van der Waals surface area contributed by atoms with Crippen LogP contribution >= 0.6 is 0 Å². The minimum atomic E-state index is -0.150. The summed E-state index contributed by atoms with van der Waals surface area (Å²) in [6.45, 7) is 2.66. The molecule has 0 fully saturated rings. The molecule has 0 bridgehead atoms. The van der Waals surface area contributed by atoms with Gasteiger partial charge in [0, 0.05) is 29.2 Å². The zero-order valence-corrected chi connectivity index (χ0v) is 16.9. The lowest BCUT2D eigenvalue weighted by molar-refractivity contribution is 0.102. The van der Waals surface area contributed by atoms with Crippen molar-refractivity contribution in [2.45, 2.75) is 13.5 Å². The molecule has 2 aromatic carbocycles. The molecule has 0 spiro atoms. The third kappa shape index (κ3) is 3.93. The maximum absolute atomic E-state index is 12.6. The number of aryl methyl sites for hydroxylation is 1. The van der Waals surface area contributed by atoms with Gasteiger partial charge in [-0.25, -0.2) is 14.6 Å². The first-order chi connectivity index (χ1) is 15.2. The summed E-state index contributed by atoms with van der Waals surface area (Å²) in [4.78, 5) is 21.3. The van der Waals surface area contributed by atoms with Crippen molar-refractivity contribution in [2.24, 2.45) is 0 Å². The molecule has 152 valence electrons. The topological polar surface area (TPSA) is 77.1 Å². The lowest BCUT2D eigenvalue weighted by Crippen LogP contribution is -2.12. The van der Waals surface area contributed by atoms with Crippen LogP contribution in [0.2, 0.25) is 0 Å². The van der Waals surface area contributed by atoms with Gasteiger partial charge in [-0.15, -0.1) is 0 Å². The molecule has 1 amide bonds. The number of amides is 1. The highest BCUT2D eigenvalue weighted by molar-refractivity contribution is 6.04. The molecule has 0 atom stereocenters. The first-order valence-electron chi connectivity index (χ1n) is 9.93. The van der Waals surface area contributed by atoms with E-state index in [0.717, 1.165) is 33.7 Å². The van der Waals surface area contributed by atoms with E-state index in [1.807, 2.05) is 84.4 Å². The van der Waals surface area contributed by atoms with Crippen LogP contribution in [0.3, 0.4) is 0 Å². The van der Waals surface area contributed by atoms with Crippen LogP contribution in [-0.2, 0) is 6.54 Å². The Morgan fingerprint density at radius 3 is 2.55 bits per heavy atom. The van der Waals surface area contributed by atoms with Crippen LogP contribution in [0, 0.1) is 6.92 Å². The van der Waals surface area contributed by atoms with Gasteiger partial charge in [-0.2, -0.15) is 5.10 Å². The van der Waals surface area contributed by atoms with Crippen LogP contribution in [0.1, 0.15) is 21.5 Å². The second kappa shape index (κ2) is 7.87. The van der Waals surface area contributed by atoms with E-state index in [-0.39, 0.29) is 5.91 Å². The van der Waals surface area contributed by atoms with E-state index < -0.39 is 0 Å².